The molecule has 1 amide bonds. The summed E-state index contributed by atoms with van der Waals surface area (Å²) in [5.41, 5.74) is 1.26. The topological polar surface area (TPSA) is 82.8 Å². The van der Waals surface area contributed by atoms with Crippen LogP contribution in [0.5, 0.6) is 0 Å². The van der Waals surface area contributed by atoms with Crippen molar-refractivity contribution in [2.24, 2.45) is 0 Å². The number of aromatic amines is 2. The zero-order valence-electron chi connectivity index (χ0n) is 11.7. The highest BCUT2D eigenvalue weighted by molar-refractivity contribution is 5.96. The van der Waals surface area contributed by atoms with Crippen LogP contribution in [0.3, 0.4) is 0 Å². The average molecular weight is 286 g/mol. The van der Waals surface area contributed by atoms with Crippen LogP contribution in [-0.2, 0) is 10.3 Å². The number of nitrogens with zero attached hydrogens (tertiary/aromatic N) is 1. The molecule has 2 aromatic rings. The lowest BCUT2D eigenvalue weighted by Gasteiger charge is -2.26. The molecule has 1 atom stereocenters. The smallest absolute Gasteiger partial charge is 0.253 e. The van der Waals surface area contributed by atoms with Gasteiger partial charge in [0.1, 0.15) is 11.4 Å². The van der Waals surface area contributed by atoms with Gasteiger partial charge in [-0.2, -0.15) is 0 Å². The zero-order valence-corrected chi connectivity index (χ0v) is 11.7. The lowest BCUT2D eigenvalue weighted by molar-refractivity contribution is 0.0868. The van der Waals surface area contributed by atoms with Gasteiger partial charge in [0.15, 0.2) is 0 Å². The van der Waals surface area contributed by atoms with E-state index in [-0.39, 0.29) is 5.91 Å². The summed E-state index contributed by atoms with van der Waals surface area (Å²) in [7, 11) is 0. The van der Waals surface area contributed by atoms with Crippen molar-refractivity contribution < 1.29 is 9.53 Å². The Labute approximate surface area is 122 Å². The maximum absolute atomic E-state index is 12.7. The number of imidazole rings is 1. The van der Waals surface area contributed by atoms with Crippen molar-refractivity contribution >= 4 is 5.91 Å². The fourth-order valence-electron chi connectivity index (χ4n) is 3.01. The van der Waals surface area contributed by atoms with Crippen LogP contribution in [0.15, 0.2) is 24.7 Å². The van der Waals surface area contributed by atoms with Gasteiger partial charge in [0, 0.05) is 37.3 Å². The summed E-state index contributed by atoms with van der Waals surface area (Å²) in [6.45, 7) is 1.08. The van der Waals surface area contributed by atoms with Crippen molar-refractivity contribution in [3.63, 3.8) is 0 Å². The molecule has 2 fully saturated rings. The van der Waals surface area contributed by atoms with Crippen molar-refractivity contribution in [2.75, 3.05) is 13.2 Å². The molecule has 2 aromatic heterocycles. The highest BCUT2D eigenvalue weighted by Crippen LogP contribution is 2.41. The molecular formula is C15H18N4O2. The van der Waals surface area contributed by atoms with E-state index in [1.807, 2.05) is 12.3 Å². The minimum absolute atomic E-state index is 0.0555. The monoisotopic (exact) mass is 286 g/mol. The van der Waals surface area contributed by atoms with Crippen LogP contribution in [-0.4, -0.2) is 34.1 Å². The molecule has 1 saturated carbocycles. The Balaban J connectivity index is 1.61. The molecule has 3 N–H and O–H groups in total. The third kappa shape index (κ3) is 2.15. The Kier molecular flexibility index (Phi) is 2.85. The molecule has 6 nitrogen and oxygen atoms in total. The Bertz CT molecular complexity index is 636. The van der Waals surface area contributed by atoms with Crippen LogP contribution >= 0.6 is 0 Å². The Morgan fingerprint density at radius 2 is 2.29 bits per heavy atom. The molecule has 0 aromatic carbocycles. The molecular weight excluding hydrogens is 268 g/mol. The van der Waals surface area contributed by atoms with Gasteiger partial charge in [0.2, 0.25) is 0 Å². The number of rotatable bonds is 4. The Morgan fingerprint density at radius 3 is 2.95 bits per heavy atom. The summed E-state index contributed by atoms with van der Waals surface area (Å²) >= 11 is 0. The SMILES string of the molecule is O=C(NC1(c2ncc[nH]2)CCOC1)c1cc[nH]c1C1CC1. The predicted molar refractivity (Wildman–Crippen MR) is 75.9 cm³/mol. The second-order valence-electron chi connectivity index (χ2n) is 5.86. The van der Waals surface area contributed by atoms with E-state index in [2.05, 4.69) is 20.3 Å². The number of amides is 1. The van der Waals surface area contributed by atoms with E-state index >= 15 is 0 Å². The van der Waals surface area contributed by atoms with Gasteiger partial charge in [-0.15, -0.1) is 0 Å². The maximum Gasteiger partial charge on any atom is 0.253 e. The van der Waals surface area contributed by atoms with Gasteiger partial charge in [-0.25, -0.2) is 4.98 Å². The summed E-state index contributed by atoms with van der Waals surface area (Å²) < 4.78 is 5.51. The first-order chi connectivity index (χ1) is 10.3. The molecule has 0 radical (unpaired) electrons. The van der Waals surface area contributed by atoms with Crippen molar-refractivity contribution in [1.82, 2.24) is 20.3 Å². The largest absolute Gasteiger partial charge is 0.378 e. The van der Waals surface area contributed by atoms with Gasteiger partial charge < -0.3 is 20.0 Å². The van der Waals surface area contributed by atoms with Crippen molar-refractivity contribution in [3.05, 3.63) is 41.7 Å². The molecule has 0 spiro atoms. The molecule has 3 heterocycles. The molecule has 1 saturated heterocycles. The van der Waals surface area contributed by atoms with E-state index in [9.17, 15) is 4.79 Å². The number of nitrogens with one attached hydrogen (secondary N) is 3. The first-order valence-electron chi connectivity index (χ1n) is 7.36. The van der Waals surface area contributed by atoms with E-state index in [1.54, 1.807) is 12.4 Å². The standard InChI is InChI=1S/C15H18N4O2/c20-13(11-3-5-16-12(11)10-1-2-10)19-15(4-8-21-9-15)14-17-6-7-18-14/h3,5-7,10,16H,1-2,4,8-9H2,(H,17,18)(H,19,20). The fraction of sp³-hybridized carbons (Fsp3) is 0.467. The zero-order chi connectivity index (χ0) is 14.3. The van der Waals surface area contributed by atoms with Crippen molar-refractivity contribution in [2.45, 2.75) is 30.7 Å². The van der Waals surface area contributed by atoms with Gasteiger partial charge >= 0.3 is 0 Å². The Hall–Kier alpha value is -2.08. The highest BCUT2D eigenvalue weighted by Gasteiger charge is 2.41. The van der Waals surface area contributed by atoms with Gasteiger partial charge in [-0.1, -0.05) is 0 Å². The number of hydrogen-bond acceptors (Lipinski definition) is 3. The number of carbonyl (C=O) groups is 1. The number of aromatic nitrogens is 3. The third-order valence-corrected chi connectivity index (χ3v) is 4.34. The van der Waals surface area contributed by atoms with Crippen molar-refractivity contribution in [1.29, 1.82) is 0 Å². The van der Waals surface area contributed by atoms with Crippen LogP contribution in [0.1, 0.15) is 47.1 Å². The van der Waals surface area contributed by atoms with Crippen LogP contribution < -0.4 is 5.32 Å². The van der Waals surface area contributed by atoms with E-state index in [1.165, 1.54) is 0 Å². The second-order valence-corrected chi connectivity index (χ2v) is 5.86. The molecule has 1 aliphatic carbocycles. The number of H-pyrrole nitrogens is 2. The van der Waals surface area contributed by atoms with Gasteiger partial charge in [0.25, 0.3) is 5.91 Å². The predicted octanol–water partition coefficient (Wildman–Crippen LogP) is 1.66. The second kappa shape index (κ2) is 4.73. The first-order valence-corrected chi connectivity index (χ1v) is 7.36. The molecule has 1 aliphatic heterocycles. The van der Waals surface area contributed by atoms with Crippen LogP contribution in [0.25, 0.3) is 0 Å². The lowest BCUT2D eigenvalue weighted by Crippen LogP contribution is -2.47. The normalized spacial score (nSPS) is 25.1. The summed E-state index contributed by atoms with van der Waals surface area (Å²) in [6.07, 6.45) is 8.37. The number of hydrogen-bond donors (Lipinski definition) is 3. The third-order valence-electron chi connectivity index (χ3n) is 4.34. The first kappa shape index (κ1) is 12.6. The summed E-state index contributed by atoms with van der Waals surface area (Å²) in [5, 5.41) is 3.14. The molecule has 4 rings (SSSR count). The average Bonchev–Trinajstić information content (AvgIpc) is 2.95. The minimum Gasteiger partial charge on any atom is -0.378 e. The van der Waals surface area contributed by atoms with E-state index in [4.69, 9.17) is 4.74 Å². The number of carbonyl (C=O) groups excluding carboxylic acids is 1. The van der Waals surface area contributed by atoms with Crippen LogP contribution in [0, 0.1) is 0 Å². The minimum atomic E-state index is -0.543. The fourth-order valence-corrected chi connectivity index (χ4v) is 3.01. The molecule has 110 valence electrons. The molecule has 0 bridgehead atoms. The Morgan fingerprint density at radius 1 is 1.38 bits per heavy atom. The van der Waals surface area contributed by atoms with E-state index < -0.39 is 5.54 Å². The van der Waals surface area contributed by atoms with E-state index in [0.717, 1.165) is 36.3 Å². The van der Waals surface area contributed by atoms with Gasteiger partial charge in [-0.3, -0.25) is 4.79 Å². The van der Waals surface area contributed by atoms with E-state index in [0.29, 0.717) is 19.1 Å². The lowest BCUT2D eigenvalue weighted by atomic mass is 9.97. The van der Waals surface area contributed by atoms with Crippen LogP contribution in [0.4, 0.5) is 0 Å². The summed E-state index contributed by atoms with van der Waals surface area (Å²) in [4.78, 5) is 23.3. The molecule has 2 aliphatic rings. The maximum atomic E-state index is 12.7. The van der Waals surface area contributed by atoms with Crippen molar-refractivity contribution in [3.8, 4) is 0 Å². The highest BCUT2D eigenvalue weighted by atomic mass is 16.5. The van der Waals surface area contributed by atoms with Crippen LogP contribution in [0.2, 0.25) is 0 Å². The molecule has 1 unspecified atom stereocenters. The summed E-state index contributed by atoms with van der Waals surface area (Å²) in [6, 6.07) is 1.86. The summed E-state index contributed by atoms with van der Waals surface area (Å²) in [5.74, 6) is 1.22. The van der Waals surface area contributed by atoms with Gasteiger partial charge in [0.05, 0.1) is 12.2 Å². The molecule has 6 heteroatoms. The quantitative estimate of drug-likeness (QED) is 0.799. The van der Waals surface area contributed by atoms with Gasteiger partial charge in [-0.05, 0) is 24.8 Å². The number of ether oxygens (including phenoxy) is 1. The molecule has 21 heavy (non-hydrogen) atoms.